The van der Waals surface area contributed by atoms with E-state index in [0.717, 1.165) is 18.5 Å². The zero-order valence-electron chi connectivity index (χ0n) is 18.2. The van der Waals surface area contributed by atoms with Crippen molar-refractivity contribution in [3.8, 4) is 11.1 Å². The zero-order chi connectivity index (χ0) is 22.7. The molecule has 2 N–H and O–H groups in total. The maximum Gasteiger partial charge on any atom is 0.339 e. The summed E-state index contributed by atoms with van der Waals surface area (Å²) < 4.78 is 22.8. The van der Waals surface area contributed by atoms with Gasteiger partial charge in [-0.1, -0.05) is 0 Å². The number of carbonyl (C=O) groups is 1. The van der Waals surface area contributed by atoms with E-state index in [4.69, 9.17) is 4.74 Å². The van der Waals surface area contributed by atoms with Crippen LogP contribution in [0.3, 0.4) is 0 Å². The molecule has 2 aromatic heterocycles. The molecule has 0 unspecified atom stereocenters. The number of hydrogen-bond acceptors (Lipinski definition) is 7. The van der Waals surface area contributed by atoms with Crippen LogP contribution in [0.25, 0.3) is 11.1 Å². The highest BCUT2D eigenvalue weighted by Gasteiger charge is 2.50. The topological polar surface area (TPSA) is 105 Å². The Labute approximate surface area is 188 Å². The van der Waals surface area contributed by atoms with E-state index in [1.54, 1.807) is 30.2 Å². The van der Waals surface area contributed by atoms with Gasteiger partial charge in [0.1, 0.15) is 17.2 Å². The molecule has 170 valence electrons. The van der Waals surface area contributed by atoms with E-state index in [0.29, 0.717) is 60.8 Å². The van der Waals surface area contributed by atoms with Crippen LogP contribution in [0.15, 0.2) is 29.3 Å². The molecule has 0 radical (unpaired) electrons. The Morgan fingerprint density at radius 3 is 2.76 bits per heavy atom. The van der Waals surface area contributed by atoms with Crippen molar-refractivity contribution < 1.29 is 13.9 Å². The number of anilines is 2. The van der Waals surface area contributed by atoms with Crippen LogP contribution in [0, 0.1) is 5.82 Å². The summed E-state index contributed by atoms with van der Waals surface area (Å²) in [6.07, 6.45) is 5.84. The molecule has 0 saturated carbocycles. The van der Waals surface area contributed by atoms with Crippen LogP contribution < -0.4 is 15.8 Å². The summed E-state index contributed by atoms with van der Waals surface area (Å²) in [5, 5.41) is 7.32. The van der Waals surface area contributed by atoms with Gasteiger partial charge in [0.05, 0.1) is 17.3 Å². The second-order valence-corrected chi connectivity index (χ2v) is 8.90. The first-order valence-corrected chi connectivity index (χ1v) is 11.1. The molecule has 6 rings (SSSR count). The summed E-state index contributed by atoms with van der Waals surface area (Å²) in [4.78, 5) is 34.7. The lowest BCUT2D eigenvalue weighted by Gasteiger charge is -2.39. The van der Waals surface area contributed by atoms with Gasteiger partial charge in [-0.15, -0.1) is 0 Å². The molecule has 3 aromatic rings. The molecule has 1 fully saturated rings. The Balaban J connectivity index is 1.29. The predicted molar refractivity (Wildman–Crippen MR) is 119 cm³/mol. The zero-order valence-corrected chi connectivity index (χ0v) is 18.2. The van der Waals surface area contributed by atoms with Gasteiger partial charge in [-0.25, -0.2) is 9.18 Å². The second-order valence-electron chi connectivity index (χ2n) is 8.90. The van der Waals surface area contributed by atoms with E-state index in [9.17, 15) is 9.59 Å². The van der Waals surface area contributed by atoms with Crippen molar-refractivity contribution >= 4 is 17.7 Å². The predicted octanol–water partition coefficient (Wildman–Crippen LogP) is 2.33. The van der Waals surface area contributed by atoms with Crippen molar-refractivity contribution in [2.75, 3.05) is 29.9 Å². The highest BCUT2D eigenvalue weighted by atomic mass is 19.1. The standard InChI is InChI=1S/C23H23FN6O3/c1-29-12-14(11-26-29)13-9-16-18(17(24)10-13)23(33-21(16)32)4-7-30(8-5-23)22-27-19-15(20(31)28-22)3-2-6-25-19/h9-12H,2-8H2,1H3,(H2,25,27,28,31). The van der Waals surface area contributed by atoms with E-state index in [-0.39, 0.29) is 11.1 Å². The Morgan fingerprint density at radius 2 is 2.00 bits per heavy atom. The smallest absolute Gasteiger partial charge is 0.339 e. The van der Waals surface area contributed by atoms with Gasteiger partial charge in [-0.2, -0.15) is 10.1 Å². The summed E-state index contributed by atoms with van der Waals surface area (Å²) in [6, 6.07) is 3.13. The molecule has 5 heterocycles. The number of aryl methyl sites for hydroxylation is 1. The first kappa shape index (κ1) is 20.0. The minimum Gasteiger partial charge on any atom is -0.450 e. The number of carbonyl (C=O) groups excluding carboxylic acids is 1. The fraction of sp³-hybridized carbons (Fsp3) is 0.391. The van der Waals surface area contributed by atoms with Gasteiger partial charge in [0.25, 0.3) is 5.56 Å². The monoisotopic (exact) mass is 450 g/mol. The number of esters is 1. The molecule has 3 aliphatic rings. The molecule has 0 aliphatic carbocycles. The van der Waals surface area contributed by atoms with Crippen molar-refractivity contribution in [2.45, 2.75) is 31.3 Å². The molecule has 1 aromatic carbocycles. The van der Waals surface area contributed by atoms with E-state index in [1.807, 2.05) is 4.90 Å². The van der Waals surface area contributed by atoms with Gasteiger partial charge in [0.15, 0.2) is 0 Å². The first-order chi connectivity index (χ1) is 15.9. The van der Waals surface area contributed by atoms with Crippen molar-refractivity contribution in [1.82, 2.24) is 19.7 Å². The minimum atomic E-state index is -1.01. The van der Waals surface area contributed by atoms with Crippen LogP contribution in [-0.4, -0.2) is 45.4 Å². The molecule has 10 heteroatoms. The molecule has 1 saturated heterocycles. The molecular formula is C23H23FN6O3. The summed E-state index contributed by atoms with van der Waals surface area (Å²) in [5.41, 5.74) is 1.47. The lowest BCUT2D eigenvalue weighted by molar-refractivity contribution is -0.0225. The van der Waals surface area contributed by atoms with Gasteiger partial charge >= 0.3 is 5.97 Å². The Morgan fingerprint density at radius 1 is 1.18 bits per heavy atom. The number of rotatable bonds is 2. The van der Waals surface area contributed by atoms with Gasteiger partial charge in [0, 0.05) is 56.8 Å². The fourth-order valence-electron chi connectivity index (χ4n) is 5.17. The van der Waals surface area contributed by atoms with Crippen LogP contribution in [0.5, 0.6) is 0 Å². The number of piperidine rings is 1. The van der Waals surface area contributed by atoms with Crippen LogP contribution >= 0.6 is 0 Å². The molecule has 3 aliphatic heterocycles. The van der Waals surface area contributed by atoms with Gasteiger partial charge < -0.3 is 15.0 Å². The van der Waals surface area contributed by atoms with E-state index < -0.39 is 17.4 Å². The lowest BCUT2D eigenvalue weighted by atomic mass is 9.82. The average Bonchev–Trinajstić information content (AvgIpc) is 3.36. The number of nitrogens with one attached hydrogen (secondary N) is 2. The number of hydrogen-bond donors (Lipinski definition) is 2. The second kappa shape index (κ2) is 7.16. The molecule has 0 amide bonds. The SMILES string of the molecule is Cn1cc(-c2cc(F)c3c(c2)C(=O)OC32CCN(c3nc4c(c(=O)[nH]3)CCCN4)CC2)cn1. The van der Waals surface area contributed by atoms with Crippen LogP contribution in [0.1, 0.15) is 40.7 Å². The minimum absolute atomic E-state index is 0.130. The third kappa shape index (κ3) is 3.12. The normalized spacial score (nSPS) is 18.6. The van der Waals surface area contributed by atoms with Crippen molar-refractivity contribution in [3.05, 3.63) is 57.4 Å². The maximum atomic E-state index is 15.4. The third-order valence-electron chi connectivity index (χ3n) is 6.86. The van der Waals surface area contributed by atoms with Crippen molar-refractivity contribution in [1.29, 1.82) is 0 Å². The lowest BCUT2D eigenvalue weighted by Crippen LogP contribution is -2.44. The quantitative estimate of drug-likeness (QED) is 0.578. The summed E-state index contributed by atoms with van der Waals surface area (Å²) in [5.74, 6) is 0.162. The fourth-order valence-corrected chi connectivity index (χ4v) is 5.17. The number of H-pyrrole nitrogens is 1. The van der Waals surface area contributed by atoms with Crippen molar-refractivity contribution in [2.24, 2.45) is 7.05 Å². The average molecular weight is 450 g/mol. The number of benzene rings is 1. The maximum absolute atomic E-state index is 15.4. The van der Waals surface area contributed by atoms with E-state index >= 15 is 4.39 Å². The van der Waals surface area contributed by atoms with Crippen LogP contribution in [-0.2, 0) is 23.8 Å². The van der Waals surface area contributed by atoms with E-state index in [2.05, 4.69) is 20.4 Å². The van der Waals surface area contributed by atoms with Gasteiger partial charge in [0.2, 0.25) is 5.95 Å². The molecule has 0 bridgehead atoms. The number of halogens is 1. The molecule has 33 heavy (non-hydrogen) atoms. The summed E-state index contributed by atoms with van der Waals surface area (Å²) in [7, 11) is 1.78. The third-order valence-corrected chi connectivity index (χ3v) is 6.86. The number of aromatic amines is 1. The molecule has 9 nitrogen and oxygen atoms in total. The van der Waals surface area contributed by atoms with Crippen LogP contribution in [0.4, 0.5) is 16.2 Å². The Hall–Kier alpha value is -3.69. The van der Waals surface area contributed by atoms with Gasteiger partial charge in [-0.05, 0) is 30.5 Å². The van der Waals surface area contributed by atoms with E-state index in [1.165, 1.54) is 6.07 Å². The summed E-state index contributed by atoms with van der Waals surface area (Å²) in [6.45, 7) is 1.73. The summed E-state index contributed by atoms with van der Waals surface area (Å²) >= 11 is 0. The Kier molecular flexibility index (Phi) is 4.33. The molecule has 1 spiro atoms. The van der Waals surface area contributed by atoms with Crippen molar-refractivity contribution in [3.63, 3.8) is 0 Å². The first-order valence-electron chi connectivity index (χ1n) is 11.1. The number of aromatic nitrogens is 4. The molecule has 0 atom stereocenters. The van der Waals surface area contributed by atoms with Crippen LogP contribution in [0.2, 0.25) is 0 Å². The number of fused-ring (bicyclic) bond motifs is 3. The number of nitrogens with zero attached hydrogens (tertiary/aromatic N) is 4. The largest absolute Gasteiger partial charge is 0.450 e. The number of ether oxygens (including phenoxy) is 1. The Bertz CT molecular complexity index is 1340. The highest BCUT2D eigenvalue weighted by Crippen LogP contribution is 2.46. The molecular weight excluding hydrogens is 427 g/mol. The van der Waals surface area contributed by atoms with Gasteiger partial charge in [-0.3, -0.25) is 14.5 Å². The highest BCUT2D eigenvalue weighted by molar-refractivity contribution is 5.96.